The number of carbonyl (C=O) groups excluding carboxylic acids is 1. The number of aromatic nitrogens is 2. The molecular formula is C22H33N5O. The fourth-order valence-corrected chi connectivity index (χ4v) is 3.76. The smallest absolute Gasteiger partial charge is 0.222 e. The molecule has 2 aromatic rings. The summed E-state index contributed by atoms with van der Waals surface area (Å²) in [6.07, 6.45) is 4.96. The topological polar surface area (TPSA) is 55.5 Å². The van der Waals surface area contributed by atoms with Crippen molar-refractivity contribution in [3.8, 4) is 11.3 Å². The zero-order valence-electron chi connectivity index (χ0n) is 17.4. The zero-order chi connectivity index (χ0) is 19.9. The molecule has 0 bridgehead atoms. The van der Waals surface area contributed by atoms with E-state index in [0.717, 1.165) is 45.0 Å². The van der Waals surface area contributed by atoms with Crippen molar-refractivity contribution in [2.45, 2.75) is 39.7 Å². The molecule has 6 heteroatoms. The van der Waals surface area contributed by atoms with Gasteiger partial charge in [0.2, 0.25) is 5.91 Å². The average molecular weight is 384 g/mol. The Balaban J connectivity index is 1.63. The summed E-state index contributed by atoms with van der Waals surface area (Å²) in [5.41, 5.74) is 4.72. The molecule has 1 aromatic carbocycles. The van der Waals surface area contributed by atoms with Crippen LogP contribution in [0.5, 0.6) is 0 Å². The molecule has 0 unspecified atom stereocenters. The Morgan fingerprint density at radius 3 is 2.50 bits per heavy atom. The SMILES string of the molecule is CCCCN(C)Cc1cn[nH]c1-c1ccc(N2CCN(C(=O)CC)CC2)cc1. The number of carbonyl (C=O) groups is 1. The maximum atomic E-state index is 11.8. The monoisotopic (exact) mass is 383 g/mol. The van der Waals surface area contributed by atoms with Gasteiger partial charge in [0.1, 0.15) is 0 Å². The largest absolute Gasteiger partial charge is 0.368 e. The maximum absolute atomic E-state index is 11.8. The molecule has 0 spiro atoms. The van der Waals surface area contributed by atoms with Crippen molar-refractivity contribution in [3.63, 3.8) is 0 Å². The standard InChI is InChI=1S/C22H33N5O/c1-4-6-11-25(3)17-19-16-23-24-22(19)18-7-9-20(10-8-18)26-12-14-27(15-13-26)21(28)5-2/h7-10,16H,4-6,11-15,17H2,1-3H3,(H,23,24). The van der Waals surface area contributed by atoms with Crippen LogP contribution in [0.4, 0.5) is 5.69 Å². The lowest BCUT2D eigenvalue weighted by atomic mass is 10.1. The maximum Gasteiger partial charge on any atom is 0.222 e. The van der Waals surface area contributed by atoms with Crippen LogP contribution < -0.4 is 4.90 Å². The summed E-state index contributed by atoms with van der Waals surface area (Å²) in [7, 11) is 2.17. The number of piperazine rings is 1. The van der Waals surface area contributed by atoms with E-state index in [9.17, 15) is 4.79 Å². The fraction of sp³-hybridized carbons (Fsp3) is 0.545. The van der Waals surface area contributed by atoms with E-state index in [2.05, 4.69) is 58.2 Å². The summed E-state index contributed by atoms with van der Waals surface area (Å²) >= 11 is 0. The number of hydrogen-bond donors (Lipinski definition) is 1. The Labute approximate surface area is 168 Å². The number of aromatic amines is 1. The molecule has 2 heterocycles. The zero-order valence-corrected chi connectivity index (χ0v) is 17.4. The predicted octanol–water partition coefficient (Wildman–Crippen LogP) is 3.37. The molecule has 1 amide bonds. The first-order chi connectivity index (χ1) is 13.6. The highest BCUT2D eigenvalue weighted by Gasteiger charge is 2.20. The second kappa shape index (κ2) is 9.73. The number of benzene rings is 1. The molecule has 0 saturated carbocycles. The molecule has 0 aliphatic carbocycles. The van der Waals surface area contributed by atoms with Crippen molar-refractivity contribution >= 4 is 11.6 Å². The highest BCUT2D eigenvalue weighted by atomic mass is 16.2. The van der Waals surface area contributed by atoms with Gasteiger partial charge in [0.25, 0.3) is 0 Å². The molecule has 6 nitrogen and oxygen atoms in total. The van der Waals surface area contributed by atoms with Crippen molar-refractivity contribution in [2.75, 3.05) is 44.7 Å². The van der Waals surface area contributed by atoms with E-state index in [4.69, 9.17) is 0 Å². The van der Waals surface area contributed by atoms with Crippen molar-refractivity contribution in [1.29, 1.82) is 0 Å². The number of hydrogen-bond acceptors (Lipinski definition) is 4. The Kier molecular flexibility index (Phi) is 7.09. The number of anilines is 1. The van der Waals surface area contributed by atoms with Gasteiger partial charge in [0.05, 0.1) is 11.9 Å². The van der Waals surface area contributed by atoms with Crippen LogP contribution in [0, 0.1) is 0 Å². The van der Waals surface area contributed by atoms with Crippen LogP contribution in [0.1, 0.15) is 38.7 Å². The predicted molar refractivity (Wildman–Crippen MR) is 114 cm³/mol. The first kappa shape index (κ1) is 20.4. The van der Waals surface area contributed by atoms with E-state index >= 15 is 0 Å². The van der Waals surface area contributed by atoms with Crippen LogP contribution >= 0.6 is 0 Å². The second-order valence-electron chi connectivity index (χ2n) is 7.63. The van der Waals surface area contributed by atoms with Gasteiger partial charge in [0, 0.05) is 56.0 Å². The lowest BCUT2D eigenvalue weighted by Crippen LogP contribution is -2.48. The van der Waals surface area contributed by atoms with Crippen molar-refractivity contribution in [3.05, 3.63) is 36.0 Å². The van der Waals surface area contributed by atoms with Crippen LogP contribution in [-0.2, 0) is 11.3 Å². The lowest BCUT2D eigenvalue weighted by molar-refractivity contribution is -0.131. The normalized spacial score (nSPS) is 14.7. The number of nitrogens with zero attached hydrogens (tertiary/aromatic N) is 4. The third kappa shape index (κ3) is 4.93. The molecule has 0 radical (unpaired) electrons. The summed E-state index contributed by atoms with van der Waals surface area (Å²) in [6.45, 7) is 9.56. The van der Waals surface area contributed by atoms with Gasteiger partial charge in [0.15, 0.2) is 0 Å². The summed E-state index contributed by atoms with van der Waals surface area (Å²) < 4.78 is 0. The molecule has 28 heavy (non-hydrogen) atoms. The highest BCUT2D eigenvalue weighted by molar-refractivity contribution is 5.76. The van der Waals surface area contributed by atoms with Gasteiger partial charge >= 0.3 is 0 Å². The summed E-state index contributed by atoms with van der Waals surface area (Å²) in [5, 5.41) is 7.45. The van der Waals surface area contributed by atoms with E-state index in [1.54, 1.807) is 0 Å². The quantitative estimate of drug-likeness (QED) is 0.759. The summed E-state index contributed by atoms with van der Waals surface area (Å²) in [6, 6.07) is 8.69. The van der Waals surface area contributed by atoms with E-state index in [1.807, 2.05) is 18.0 Å². The number of unbranched alkanes of at least 4 members (excludes halogenated alkanes) is 1. The number of rotatable bonds is 8. The molecule has 152 valence electrons. The Bertz CT molecular complexity index is 747. The second-order valence-corrected chi connectivity index (χ2v) is 7.63. The van der Waals surface area contributed by atoms with Crippen LogP contribution in [-0.4, -0.2) is 65.7 Å². The number of H-pyrrole nitrogens is 1. The summed E-state index contributed by atoms with van der Waals surface area (Å²) in [4.78, 5) is 18.5. The van der Waals surface area contributed by atoms with Gasteiger partial charge < -0.3 is 14.7 Å². The first-order valence-corrected chi connectivity index (χ1v) is 10.5. The van der Waals surface area contributed by atoms with E-state index in [0.29, 0.717) is 6.42 Å². The minimum Gasteiger partial charge on any atom is -0.368 e. The van der Waals surface area contributed by atoms with Gasteiger partial charge in [-0.2, -0.15) is 5.10 Å². The average Bonchev–Trinajstić information content (AvgIpc) is 3.20. The molecule has 1 aliphatic rings. The van der Waals surface area contributed by atoms with Crippen molar-refractivity contribution < 1.29 is 4.79 Å². The van der Waals surface area contributed by atoms with Crippen molar-refractivity contribution in [1.82, 2.24) is 20.0 Å². The van der Waals surface area contributed by atoms with E-state index in [1.165, 1.54) is 29.7 Å². The minimum absolute atomic E-state index is 0.255. The first-order valence-electron chi connectivity index (χ1n) is 10.5. The molecule has 1 aromatic heterocycles. The van der Waals surface area contributed by atoms with Crippen LogP contribution in [0.2, 0.25) is 0 Å². The minimum atomic E-state index is 0.255. The Hall–Kier alpha value is -2.34. The molecule has 0 atom stereocenters. The van der Waals surface area contributed by atoms with Crippen LogP contribution in [0.15, 0.2) is 30.5 Å². The lowest BCUT2D eigenvalue weighted by Gasteiger charge is -2.36. The Morgan fingerprint density at radius 2 is 1.86 bits per heavy atom. The molecular weight excluding hydrogens is 350 g/mol. The van der Waals surface area contributed by atoms with Gasteiger partial charge in [-0.3, -0.25) is 9.89 Å². The van der Waals surface area contributed by atoms with Gasteiger partial charge in [-0.25, -0.2) is 0 Å². The highest BCUT2D eigenvalue weighted by Crippen LogP contribution is 2.26. The van der Waals surface area contributed by atoms with E-state index < -0.39 is 0 Å². The fourth-order valence-electron chi connectivity index (χ4n) is 3.76. The third-order valence-electron chi connectivity index (χ3n) is 5.51. The number of nitrogens with one attached hydrogen (secondary N) is 1. The molecule has 3 rings (SSSR count). The van der Waals surface area contributed by atoms with Gasteiger partial charge in [-0.05, 0) is 32.1 Å². The van der Waals surface area contributed by atoms with Crippen LogP contribution in [0.3, 0.4) is 0 Å². The van der Waals surface area contributed by atoms with Crippen molar-refractivity contribution in [2.24, 2.45) is 0 Å². The molecule has 1 N–H and O–H groups in total. The number of amides is 1. The van der Waals surface area contributed by atoms with Crippen LogP contribution in [0.25, 0.3) is 11.3 Å². The molecule has 1 aliphatic heterocycles. The third-order valence-corrected chi connectivity index (χ3v) is 5.51. The molecule has 1 fully saturated rings. The van der Waals surface area contributed by atoms with E-state index in [-0.39, 0.29) is 5.91 Å². The Morgan fingerprint density at radius 1 is 1.14 bits per heavy atom. The molecule has 1 saturated heterocycles. The van der Waals surface area contributed by atoms with Gasteiger partial charge in [-0.15, -0.1) is 0 Å². The summed E-state index contributed by atoms with van der Waals surface area (Å²) in [5.74, 6) is 0.255. The van der Waals surface area contributed by atoms with Gasteiger partial charge in [-0.1, -0.05) is 32.4 Å².